The summed E-state index contributed by atoms with van der Waals surface area (Å²) >= 11 is 1.71. The summed E-state index contributed by atoms with van der Waals surface area (Å²) in [4.78, 5) is 0. The van der Waals surface area contributed by atoms with E-state index in [4.69, 9.17) is 5.26 Å². The van der Waals surface area contributed by atoms with Crippen molar-refractivity contribution in [2.75, 3.05) is 0 Å². The van der Waals surface area contributed by atoms with Crippen molar-refractivity contribution in [2.24, 2.45) is 0 Å². The summed E-state index contributed by atoms with van der Waals surface area (Å²) in [7, 11) is 0. The third kappa shape index (κ3) is 2.71. The summed E-state index contributed by atoms with van der Waals surface area (Å²) in [6.07, 6.45) is 2.09. The summed E-state index contributed by atoms with van der Waals surface area (Å²) in [6.45, 7) is 0. The number of rotatable bonds is 3. The van der Waals surface area contributed by atoms with Gasteiger partial charge in [-0.2, -0.15) is 9.94 Å². The molecule has 0 spiro atoms. The molecule has 2 aromatic carbocycles. The van der Waals surface area contributed by atoms with Crippen LogP contribution in [0.25, 0.3) is 5.69 Å². The molecule has 0 atom stereocenters. The van der Waals surface area contributed by atoms with E-state index >= 15 is 0 Å². The molecule has 1 aliphatic carbocycles. The zero-order valence-corrected chi connectivity index (χ0v) is 13.1. The second-order valence-electron chi connectivity index (χ2n) is 5.45. The van der Waals surface area contributed by atoms with Crippen LogP contribution >= 0.6 is 11.8 Å². The van der Waals surface area contributed by atoms with Crippen LogP contribution in [0.5, 0.6) is 0 Å². The lowest BCUT2D eigenvalue weighted by Crippen LogP contribution is -2.05. The number of tetrazole rings is 1. The van der Waals surface area contributed by atoms with Gasteiger partial charge in [0.2, 0.25) is 5.16 Å². The number of nitrogens with zero attached hydrogens (tertiary/aromatic N) is 5. The largest absolute Gasteiger partial charge is 0.214 e. The van der Waals surface area contributed by atoms with Gasteiger partial charge in [-0.1, -0.05) is 36.0 Å². The maximum absolute atomic E-state index is 8.89. The fraction of sp³-hybridized carbons (Fsp3) is 0.176. The van der Waals surface area contributed by atoms with Crippen LogP contribution in [-0.4, -0.2) is 25.5 Å². The second kappa shape index (κ2) is 5.86. The molecule has 0 fully saturated rings. The minimum atomic E-state index is 0.454. The molecule has 0 unspecified atom stereocenters. The van der Waals surface area contributed by atoms with E-state index in [-0.39, 0.29) is 0 Å². The molecule has 1 aromatic heterocycles. The molecule has 0 radical (unpaired) electrons. The Bertz CT molecular complexity index is 853. The number of hydrogen-bond acceptors (Lipinski definition) is 5. The number of aromatic nitrogens is 4. The molecule has 0 aliphatic heterocycles. The molecule has 5 nitrogen and oxygen atoms in total. The zero-order valence-electron chi connectivity index (χ0n) is 12.3. The second-order valence-corrected chi connectivity index (χ2v) is 6.72. The molecule has 4 rings (SSSR count). The van der Waals surface area contributed by atoms with Gasteiger partial charge in [-0.05, 0) is 58.7 Å². The first kappa shape index (κ1) is 14.0. The monoisotopic (exact) mass is 319 g/mol. The van der Waals surface area contributed by atoms with Crippen LogP contribution in [0.1, 0.15) is 16.7 Å². The molecule has 112 valence electrons. The van der Waals surface area contributed by atoms with E-state index in [1.54, 1.807) is 28.6 Å². The number of fused-ring (bicyclic) bond motifs is 1. The van der Waals surface area contributed by atoms with Crippen LogP contribution in [0.15, 0.2) is 53.7 Å². The van der Waals surface area contributed by atoms with Crippen LogP contribution < -0.4 is 0 Å². The number of nitriles is 1. The fourth-order valence-corrected chi connectivity index (χ4v) is 3.99. The van der Waals surface area contributed by atoms with Gasteiger partial charge < -0.3 is 0 Å². The molecule has 1 aliphatic rings. The quantitative estimate of drug-likeness (QED) is 0.742. The average molecular weight is 319 g/mol. The number of thioether (sulfide) groups is 1. The molecule has 3 aromatic rings. The predicted octanol–water partition coefficient (Wildman–Crippen LogP) is 2.79. The Morgan fingerprint density at radius 3 is 2.39 bits per heavy atom. The molecular formula is C17H13N5S. The van der Waals surface area contributed by atoms with Gasteiger partial charge in [-0.25, -0.2) is 0 Å². The van der Waals surface area contributed by atoms with E-state index in [9.17, 15) is 0 Å². The van der Waals surface area contributed by atoms with E-state index in [0.717, 1.165) is 23.7 Å². The first-order chi connectivity index (χ1) is 11.3. The van der Waals surface area contributed by atoms with Gasteiger partial charge in [0.1, 0.15) is 0 Å². The lowest BCUT2D eigenvalue weighted by atomic mass is 10.1. The van der Waals surface area contributed by atoms with Gasteiger partial charge in [0.15, 0.2) is 0 Å². The van der Waals surface area contributed by atoms with E-state index in [1.807, 2.05) is 12.1 Å². The standard InChI is InChI=1S/C17H13N5S/c18-11-12-5-7-15(8-6-12)22-17(19-20-21-22)23-16-9-13-3-1-2-4-14(13)10-16/h1-8,16H,9-10H2. The van der Waals surface area contributed by atoms with Gasteiger partial charge in [-0.15, -0.1) is 5.10 Å². The highest BCUT2D eigenvalue weighted by atomic mass is 32.2. The van der Waals surface area contributed by atoms with Crippen LogP contribution in [-0.2, 0) is 12.8 Å². The summed E-state index contributed by atoms with van der Waals surface area (Å²) in [5, 5.41) is 22.2. The van der Waals surface area contributed by atoms with Gasteiger partial charge in [0.25, 0.3) is 0 Å². The summed E-state index contributed by atoms with van der Waals surface area (Å²) < 4.78 is 1.73. The van der Waals surface area contributed by atoms with Gasteiger partial charge in [-0.3, -0.25) is 0 Å². The first-order valence-corrected chi connectivity index (χ1v) is 8.24. The Balaban J connectivity index is 1.55. The first-order valence-electron chi connectivity index (χ1n) is 7.36. The van der Waals surface area contributed by atoms with E-state index < -0.39 is 0 Å². The summed E-state index contributed by atoms with van der Waals surface area (Å²) in [6, 6.07) is 18.0. The zero-order chi connectivity index (χ0) is 15.6. The van der Waals surface area contributed by atoms with Gasteiger partial charge >= 0.3 is 0 Å². The Kier molecular flexibility index (Phi) is 3.56. The molecular weight excluding hydrogens is 306 g/mol. The smallest absolute Gasteiger partial charge is 0.192 e. The van der Waals surface area contributed by atoms with Gasteiger partial charge in [0.05, 0.1) is 17.3 Å². The van der Waals surface area contributed by atoms with Gasteiger partial charge in [0, 0.05) is 5.25 Å². The lowest BCUT2D eigenvalue weighted by Gasteiger charge is -2.08. The van der Waals surface area contributed by atoms with Crippen LogP contribution in [0, 0.1) is 11.3 Å². The molecule has 0 saturated heterocycles. The van der Waals surface area contributed by atoms with Crippen molar-refractivity contribution in [1.82, 2.24) is 20.2 Å². The maximum atomic E-state index is 8.89. The van der Waals surface area contributed by atoms with Crippen LogP contribution in [0.3, 0.4) is 0 Å². The highest BCUT2D eigenvalue weighted by Crippen LogP contribution is 2.33. The molecule has 0 N–H and O–H groups in total. The molecule has 0 bridgehead atoms. The van der Waals surface area contributed by atoms with E-state index in [1.165, 1.54) is 11.1 Å². The SMILES string of the molecule is N#Cc1ccc(-n2nnnc2SC2Cc3ccccc3C2)cc1. The fourth-order valence-electron chi connectivity index (χ4n) is 2.84. The summed E-state index contributed by atoms with van der Waals surface area (Å²) in [5.41, 5.74) is 4.33. The van der Waals surface area contributed by atoms with Crippen molar-refractivity contribution in [1.29, 1.82) is 5.26 Å². The normalized spacial score (nSPS) is 13.7. The third-order valence-electron chi connectivity index (χ3n) is 3.97. The number of hydrogen-bond donors (Lipinski definition) is 0. The maximum Gasteiger partial charge on any atom is 0.214 e. The Hall–Kier alpha value is -2.65. The van der Waals surface area contributed by atoms with Crippen molar-refractivity contribution in [2.45, 2.75) is 23.2 Å². The van der Waals surface area contributed by atoms with Crippen molar-refractivity contribution < 1.29 is 0 Å². The van der Waals surface area contributed by atoms with Crippen molar-refractivity contribution >= 4 is 11.8 Å². The summed E-state index contributed by atoms with van der Waals surface area (Å²) in [5.74, 6) is 0. The third-order valence-corrected chi connectivity index (χ3v) is 5.10. The molecule has 6 heteroatoms. The number of benzene rings is 2. The van der Waals surface area contributed by atoms with Crippen LogP contribution in [0.2, 0.25) is 0 Å². The van der Waals surface area contributed by atoms with E-state index in [0.29, 0.717) is 10.8 Å². The van der Waals surface area contributed by atoms with E-state index in [2.05, 4.69) is 45.9 Å². The predicted molar refractivity (Wildman–Crippen MR) is 87.4 cm³/mol. The minimum absolute atomic E-state index is 0.454. The topological polar surface area (TPSA) is 67.4 Å². The van der Waals surface area contributed by atoms with Crippen LogP contribution in [0.4, 0.5) is 0 Å². The highest BCUT2D eigenvalue weighted by Gasteiger charge is 2.24. The molecule has 0 saturated carbocycles. The Morgan fingerprint density at radius 2 is 1.74 bits per heavy atom. The highest BCUT2D eigenvalue weighted by molar-refractivity contribution is 7.99. The van der Waals surface area contributed by atoms with Crippen molar-refractivity contribution in [3.8, 4) is 11.8 Å². The molecule has 23 heavy (non-hydrogen) atoms. The Labute approximate surface area is 137 Å². The molecule has 1 heterocycles. The average Bonchev–Trinajstić information content (AvgIpc) is 3.21. The minimum Gasteiger partial charge on any atom is -0.192 e. The molecule has 0 amide bonds. The Morgan fingerprint density at radius 1 is 1.04 bits per heavy atom. The lowest BCUT2D eigenvalue weighted by molar-refractivity contribution is 0.753. The van der Waals surface area contributed by atoms with Crippen molar-refractivity contribution in [3.63, 3.8) is 0 Å². The van der Waals surface area contributed by atoms with Crippen molar-refractivity contribution in [3.05, 3.63) is 65.2 Å².